The molecule has 0 amide bonds. The molecular formula is C14H23ClN2O2S. The molecule has 0 radical (unpaired) electrons. The van der Waals surface area contributed by atoms with E-state index >= 15 is 0 Å². The van der Waals surface area contributed by atoms with Crippen molar-refractivity contribution in [3.63, 3.8) is 0 Å². The summed E-state index contributed by atoms with van der Waals surface area (Å²) in [7, 11) is -3.37. The minimum atomic E-state index is -3.37. The van der Waals surface area contributed by atoms with Gasteiger partial charge in [0.15, 0.2) is 0 Å². The summed E-state index contributed by atoms with van der Waals surface area (Å²) in [5, 5.41) is 0. The maximum absolute atomic E-state index is 12.6. The van der Waals surface area contributed by atoms with Crippen LogP contribution in [0, 0.1) is 12.8 Å². The Balaban J connectivity index is 0.00000200. The van der Waals surface area contributed by atoms with Gasteiger partial charge >= 0.3 is 0 Å². The molecule has 1 aromatic carbocycles. The second-order valence-electron chi connectivity index (χ2n) is 5.44. The predicted octanol–water partition coefficient (Wildman–Crippen LogP) is 2.16. The summed E-state index contributed by atoms with van der Waals surface area (Å²) in [6.07, 6.45) is 1.90. The fraction of sp³-hybridized carbons (Fsp3) is 0.571. The maximum atomic E-state index is 12.6. The average molecular weight is 319 g/mol. The Morgan fingerprint density at radius 2 is 2.10 bits per heavy atom. The number of benzene rings is 1. The van der Waals surface area contributed by atoms with E-state index in [-0.39, 0.29) is 24.4 Å². The van der Waals surface area contributed by atoms with Crippen molar-refractivity contribution < 1.29 is 8.42 Å². The minimum absolute atomic E-state index is 0. The van der Waals surface area contributed by atoms with Gasteiger partial charge in [-0.3, -0.25) is 0 Å². The third-order valence-electron chi connectivity index (χ3n) is 3.79. The summed E-state index contributed by atoms with van der Waals surface area (Å²) in [5.74, 6) is 0.258. The number of rotatable bonds is 3. The molecule has 1 aromatic rings. The van der Waals surface area contributed by atoms with E-state index in [1.807, 2.05) is 19.9 Å². The van der Waals surface area contributed by atoms with Gasteiger partial charge < -0.3 is 5.73 Å². The maximum Gasteiger partial charge on any atom is 0.243 e. The molecule has 1 aliphatic heterocycles. The summed E-state index contributed by atoms with van der Waals surface area (Å²) >= 11 is 0. The molecule has 2 atom stereocenters. The smallest absolute Gasteiger partial charge is 0.243 e. The summed E-state index contributed by atoms with van der Waals surface area (Å²) in [4.78, 5) is 0.387. The van der Waals surface area contributed by atoms with Gasteiger partial charge in [-0.05, 0) is 50.3 Å². The van der Waals surface area contributed by atoms with E-state index in [4.69, 9.17) is 5.73 Å². The zero-order valence-electron chi connectivity index (χ0n) is 12.0. The van der Waals surface area contributed by atoms with Gasteiger partial charge in [0.05, 0.1) is 4.90 Å². The third-order valence-corrected chi connectivity index (χ3v) is 5.65. The number of halogens is 1. The van der Waals surface area contributed by atoms with Crippen LogP contribution < -0.4 is 5.73 Å². The average Bonchev–Trinajstić information content (AvgIpc) is 2.39. The van der Waals surface area contributed by atoms with E-state index in [0.29, 0.717) is 18.0 Å². The molecule has 0 spiro atoms. The molecular weight excluding hydrogens is 296 g/mol. The molecule has 1 aliphatic rings. The molecule has 1 heterocycles. The molecule has 4 nitrogen and oxygen atoms in total. The van der Waals surface area contributed by atoms with Crippen molar-refractivity contribution in [3.8, 4) is 0 Å². The van der Waals surface area contributed by atoms with Gasteiger partial charge in [0, 0.05) is 19.1 Å². The zero-order valence-corrected chi connectivity index (χ0v) is 13.6. The Kier molecular flexibility index (Phi) is 6.01. The van der Waals surface area contributed by atoms with Crippen LogP contribution in [0.5, 0.6) is 0 Å². The summed E-state index contributed by atoms with van der Waals surface area (Å²) in [5.41, 5.74) is 6.87. The SMILES string of the molecule is Cc1cccc(S(=O)(=O)N2CCCC(C(C)N)C2)c1.Cl. The van der Waals surface area contributed by atoms with Gasteiger partial charge in [-0.15, -0.1) is 12.4 Å². The van der Waals surface area contributed by atoms with E-state index in [2.05, 4.69) is 0 Å². The Morgan fingerprint density at radius 3 is 2.70 bits per heavy atom. The number of hydrogen-bond acceptors (Lipinski definition) is 3. The molecule has 1 saturated heterocycles. The van der Waals surface area contributed by atoms with E-state index in [9.17, 15) is 8.42 Å². The second-order valence-corrected chi connectivity index (χ2v) is 7.38. The summed E-state index contributed by atoms with van der Waals surface area (Å²) in [6, 6.07) is 7.12. The van der Waals surface area contributed by atoms with Gasteiger partial charge in [0.25, 0.3) is 0 Å². The van der Waals surface area contributed by atoms with Gasteiger partial charge in [0.2, 0.25) is 10.0 Å². The Bertz CT molecular complexity index is 546. The van der Waals surface area contributed by atoms with Crippen molar-refractivity contribution in [1.29, 1.82) is 0 Å². The van der Waals surface area contributed by atoms with Crippen molar-refractivity contribution >= 4 is 22.4 Å². The van der Waals surface area contributed by atoms with Crippen molar-refractivity contribution in [2.24, 2.45) is 11.7 Å². The lowest BCUT2D eigenvalue weighted by molar-refractivity contribution is 0.243. The molecule has 1 fully saturated rings. The standard InChI is InChI=1S/C14H22N2O2S.ClH/c1-11-5-3-7-14(9-11)19(17,18)16-8-4-6-13(10-16)12(2)15;/h3,5,7,9,12-13H,4,6,8,10,15H2,1-2H3;1H. The van der Waals surface area contributed by atoms with E-state index in [1.165, 1.54) is 0 Å². The van der Waals surface area contributed by atoms with Crippen molar-refractivity contribution in [3.05, 3.63) is 29.8 Å². The first-order valence-corrected chi connectivity index (χ1v) is 8.17. The van der Waals surface area contributed by atoms with Crippen LogP contribution >= 0.6 is 12.4 Å². The molecule has 2 unspecified atom stereocenters. The monoisotopic (exact) mass is 318 g/mol. The Labute approximate surface area is 127 Å². The molecule has 2 N–H and O–H groups in total. The lowest BCUT2D eigenvalue weighted by atomic mass is 9.93. The number of nitrogens with two attached hydrogens (primary N) is 1. The van der Waals surface area contributed by atoms with Gasteiger partial charge in [0.1, 0.15) is 0 Å². The highest BCUT2D eigenvalue weighted by atomic mass is 35.5. The molecule has 0 saturated carbocycles. The van der Waals surface area contributed by atoms with E-state index in [1.54, 1.807) is 22.5 Å². The number of sulfonamides is 1. The molecule has 0 aliphatic carbocycles. The first-order chi connectivity index (χ1) is 8.91. The molecule has 2 rings (SSSR count). The number of nitrogens with zero attached hydrogens (tertiary/aromatic N) is 1. The van der Waals surface area contributed by atoms with Crippen LogP contribution in [0.2, 0.25) is 0 Å². The highest BCUT2D eigenvalue weighted by Gasteiger charge is 2.31. The summed E-state index contributed by atoms with van der Waals surface area (Å²) in [6.45, 7) is 4.99. The topological polar surface area (TPSA) is 63.4 Å². The fourth-order valence-electron chi connectivity index (χ4n) is 2.55. The first kappa shape index (κ1) is 17.4. The van der Waals surface area contributed by atoms with Crippen LogP contribution in [0.25, 0.3) is 0 Å². The van der Waals surface area contributed by atoms with Crippen LogP contribution in [0.1, 0.15) is 25.3 Å². The van der Waals surface area contributed by atoms with Gasteiger partial charge in [-0.2, -0.15) is 4.31 Å². The van der Waals surface area contributed by atoms with Crippen LogP contribution in [0.3, 0.4) is 0 Å². The Hall–Kier alpha value is -0.620. The minimum Gasteiger partial charge on any atom is -0.328 e. The van der Waals surface area contributed by atoms with Crippen molar-refractivity contribution in [2.75, 3.05) is 13.1 Å². The summed E-state index contributed by atoms with van der Waals surface area (Å²) < 4.78 is 26.8. The third kappa shape index (κ3) is 3.73. The molecule has 6 heteroatoms. The van der Waals surface area contributed by atoms with E-state index in [0.717, 1.165) is 18.4 Å². The van der Waals surface area contributed by atoms with Crippen LogP contribution in [0.4, 0.5) is 0 Å². The molecule has 0 aromatic heterocycles. The van der Waals surface area contributed by atoms with Crippen LogP contribution in [0.15, 0.2) is 29.2 Å². The van der Waals surface area contributed by atoms with Crippen molar-refractivity contribution in [2.45, 2.75) is 37.6 Å². The highest BCUT2D eigenvalue weighted by Crippen LogP contribution is 2.25. The number of hydrogen-bond donors (Lipinski definition) is 1. The van der Waals surface area contributed by atoms with Crippen LogP contribution in [-0.2, 0) is 10.0 Å². The number of piperidine rings is 1. The van der Waals surface area contributed by atoms with Crippen LogP contribution in [-0.4, -0.2) is 31.9 Å². The van der Waals surface area contributed by atoms with Gasteiger partial charge in [-0.25, -0.2) is 8.42 Å². The quantitative estimate of drug-likeness (QED) is 0.929. The first-order valence-electron chi connectivity index (χ1n) is 6.73. The zero-order chi connectivity index (χ0) is 14.0. The lowest BCUT2D eigenvalue weighted by Crippen LogP contribution is -2.44. The molecule has 114 valence electrons. The number of aryl methyl sites for hydroxylation is 1. The molecule has 20 heavy (non-hydrogen) atoms. The van der Waals surface area contributed by atoms with Crippen molar-refractivity contribution in [1.82, 2.24) is 4.31 Å². The normalized spacial score (nSPS) is 22.1. The van der Waals surface area contributed by atoms with E-state index < -0.39 is 10.0 Å². The second kappa shape index (κ2) is 6.89. The highest BCUT2D eigenvalue weighted by molar-refractivity contribution is 7.89. The molecule has 0 bridgehead atoms. The largest absolute Gasteiger partial charge is 0.328 e. The fourth-order valence-corrected chi connectivity index (χ4v) is 4.19. The Morgan fingerprint density at radius 1 is 1.40 bits per heavy atom. The van der Waals surface area contributed by atoms with Gasteiger partial charge in [-0.1, -0.05) is 12.1 Å². The lowest BCUT2D eigenvalue weighted by Gasteiger charge is -2.33. The predicted molar refractivity (Wildman–Crippen MR) is 83.6 cm³/mol.